The molecule has 20 heavy (non-hydrogen) atoms. The van der Waals surface area contributed by atoms with Crippen LogP contribution < -0.4 is 10.2 Å². The Labute approximate surface area is 117 Å². The van der Waals surface area contributed by atoms with Crippen LogP contribution in [0.4, 0.5) is 17.5 Å². The van der Waals surface area contributed by atoms with E-state index in [4.69, 9.17) is 5.11 Å². The lowest BCUT2D eigenvalue weighted by molar-refractivity contribution is 0.0696. The van der Waals surface area contributed by atoms with E-state index in [1.807, 2.05) is 20.2 Å². The van der Waals surface area contributed by atoms with Crippen LogP contribution in [0.25, 0.3) is 0 Å². The minimum Gasteiger partial charge on any atom is -0.478 e. The number of carboxylic acids is 1. The van der Waals surface area contributed by atoms with Crippen LogP contribution in [-0.4, -0.2) is 35.1 Å². The van der Waals surface area contributed by atoms with Crippen molar-refractivity contribution in [3.63, 3.8) is 0 Å². The fourth-order valence-electron chi connectivity index (χ4n) is 1.71. The molecule has 0 saturated carbocycles. The SMILES string of the molecule is Cc1ccc(Nc2ccnc(N(C)C)n2)cc1C(=O)O. The van der Waals surface area contributed by atoms with E-state index in [0.29, 0.717) is 17.5 Å². The summed E-state index contributed by atoms with van der Waals surface area (Å²) >= 11 is 0. The number of rotatable bonds is 4. The van der Waals surface area contributed by atoms with Crippen molar-refractivity contribution in [3.8, 4) is 0 Å². The molecule has 0 spiro atoms. The molecule has 0 fully saturated rings. The number of hydrogen-bond donors (Lipinski definition) is 2. The lowest BCUT2D eigenvalue weighted by Crippen LogP contribution is -2.13. The Kier molecular flexibility index (Phi) is 3.84. The number of benzene rings is 1. The third kappa shape index (κ3) is 3.03. The second-order valence-electron chi connectivity index (χ2n) is 4.60. The molecule has 0 aliphatic heterocycles. The molecule has 0 bridgehead atoms. The highest BCUT2D eigenvalue weighted by Gasteiger charge is 2.08. The van der Waals surface area contributed by atoms with Crippen LogP contribution in [0, 0.1) is 6.92 Å². The average molecular weight is 272 g/mol. The van der Waals surface area contributed by atoms with Gasteiger partial charge in [0.2, 0.25) is 5.95 Å². The van der Waals surface area contributed by atoms with Crippen molar-refractivity contribution < 1.29 is 9.90 Å². The molecular formula is C14H16N4O2. The molecule has 6 nitrogen and oxygen atoms in total. The Bertz CT molecular complexity index is 641. The molecular weight excluding hydrogens is 256 g/mol. The summed E-state index contributed by atoms with van der Waals surface area (Å²) in [5, 5.41) is 12.2. The van der Waals surface area contributed by atoms with Gasteiger partial charge in [-0.2, -0.15) is 4.98 Å². The van der Waals surface area contributed by atoms with E-state index in [1.54, 1.807) is 36.2 Å². The number of nitrogens with zero attached hydrogens (tertiary/aromatic N) is 3. The first-order valence-corrected chi connectivity index (χ1v) is 6.08. The van der Waals surface area contributed by atoms with E-state index >= 15 is 0 Å². The van der Waals surface area contributed by atoms with Crippen LogP contribution in [0.5, 0.6) is 0 Å². The quantitative estimate of drug-likeness (QED) is 0.889. The third-order valence-electron chi connectivity index (χ3n) is 2.78. The molecule has 0 saturated heterocycles. The van der Waals surface area contributed by atoms with Crippen molar-refractivity contribution in [2.45, 2.75) is 6.92 Å². The van der Waals surface area contributed by atoms with Gasteiger partial charge in [0, 0.05) is 26.0 Å². The van der Waals surface area contributed by atoms with Gasteiger partial charge in [-0.15, -0.1) is 0 Å². The number of carboxylic acid groups (broad SMARTS) is 1. The summed E-state index contributed by atoms with van der Waals surface area (Å²) in [6.45, 7) is 1.77. The van der Waals surface area contributed by atoms with Gasteiger partial charge in [-0.05, 0) is 30.7 Å². The Morgan fingerprint density at radius 2 is 2.05 bits per heavy atom. The largest absolute Gasteiger partial charge is 0.478 e. The van der Waals surface area contributed by atoms with Crippen molar-refractivity contribution in [2.75, 3.05) is 24.3 Å². The Hall–Kier alpha value is -2.63. The van der Waals surface area contributed by atoms with Gasteiger partial charge in [-0.1, -0.05) is 6.07 Å². The number of aromatic carboxylic acids is 1. The molecule has 0 unspecified atom stereocenters. The molecule has 1 aromatic heterocycles. The van der Waals surface area contributed by atoms with Crippen LogP contribution in [0.3, 0.4) is 0 Å². The zero-order valence-corrected chi connectivity index (χ0v) is 11.6. The van der Waals surface area contributed by atoms with Crippen molar-refractivity contribution in [1.29, 1.82) is 0 Å². The standard InChI is InChI=1S/C14H16N4O2/c1-9-4-5-10(8-11(9)13(19)20)16-12-6-7-15-14(17-12)18(2)3/h4-8H,1-3H3,(H,19,20)(H,15,16,17). The van der Waals surface area contributed by atoms with Crippen molar-refractivity contribution in [2.24, 2.45) is 0 Å². The maximum Gasteiger partial charge on any atom is 0.336 e. The molecule has 1 aromatic carbocycles. The van der Waals surface area contributed by atoms with Gasteiger partial charge in [0.25, 0.3) is 0 Å². The molecule has 0 atom stereocenters. The molecule has 0 amide bonds. The topological polar surface area (TPSA) is 78.4 Å². The number of anilines is 3. The summed E-state index contributed by atoms with van der Waals surface area (Å²) in [6.07, 6.45) is 1.65. The molecule has 6 heteroatoms. The first-order chi connectivity index (χ1) is 9.47. The molecule has 2 N–H and O–H groups in total. The fraction of sp³-hybridized carbons (Fsp3) is 0.214. The van der Waals surface area contributed by atoms with E-state index in [2.05, 4.69) is 15.3 Å². The number of hydrogen-bond acceptors (Lipinski definition) is 5. The van der Waals surface area contributed by atoms with Gasteiger partial charge in [0.05, 0.1) is 5.56 Å². The molecule has 1 heterocycles. The van der Waals surface area contributed by atoms with Gasteiger partial charge >= 0.3 is 5.97 Å². The minimum atomic E-state index is -0.942. The smallest absolute Gasteiger partial charge is 0.336 e. The number of carbonyl (C=O) groups is 1. The summed E-state index contributed by atoms with van der Waals surface area (Å²) in [5.41, 5.74) is 1.67. The Morgan fingerprint density at radius 1 is 1.30 bits per heavy atom. The van der Waals surface area contributed by atoms with Crippen molar-refractivity contribution >= 4 is 23.4 Å². The molecule has 0 radical (unpaired) electrons. The van der Waals surface area contributed by atoms with E-state index in [0.717, 1.165) is 5.56 Å². The van der Waals surface area contributed by atoms with E-state index in [9.17, 15) is 4.79 Å². The number of aryl methyl sites for hydroxylation is 1. The highest BCUT2D eigenvalue weighted by Crippen LogP contribution is 2.19. The summed E-state index contributed by atoms with van der Waals surface area (Å²) in [7, 11) is 3.71. The van der Waals surface area contributed by atoms with Crippen LogP contribution >= 0.6 is 0 Å². The predicted molar refractivity (Wildman–Crippen MR) is 77.8 cm³/mol. The summed E-state index contributed by atoms with van der Waals surface area (Å²) < 4.78 is 0. The monoisotopic (exact) mass is 272 g/mol. The summed E-state index contributed by atoms with van der Waals surface area (Å²) in [4.78, 5) is 21.3. The molecule has 2 rings (SSSR count). The molecule has 0 aliphatic rings. The zero-order chi connectivity index (χ0) is 14.7. The number of nitrogens with one attached hydrogen (secondary N) is 1. The first kappa shape index (κ1) is 13.8. The maximum absolute atomic E-state index is 11.1. The third-order valence-corrected chi connectivity index (χ3v) is 2.78. The average Bonchev–Trinajstić information content (AvgIpc) is 2.41. The van der Waals surface area contributed by atoms with E-state index in [1.165, 1.54) is 0 Å². The Balaban J connectivity index is 2.28. The van der Waals surface area contributed by atoms with Gasteiger partial charge < -0.3 is 15.3 Å². The summed E-state index contributed by atoms with van der Waals surface area (Å²) in [5.74, 6) is 0.257. The summed E-state index contributed by atoms with van der Waals surface area (Å²) in [6, 6.07) is 6.90. The normalized spacial score (nSPS) is 10.2. The van der Waals surface area contributed by atoms with Gasteiger partial charge in [0.15, 0.2) is 0 Å². The second-order valence-corrected chi connectivity index (χ2v) is 4.60. The van der Waals surface area contributed by atoms with Gasteiger partial charge in [-0.3, -0.25) is 0 Å². The van der Waals surface area contributed by atoms with E-state index in [-0.39, 0.29) is 5.56 Å². The second kappa shape index (κ2) is 5.56. The maximum atomic E-state index is 11.1. The van der Waals surface area contributed by atoms with Crippen LogP contribution in [0.15, 0.2) is 30.5 Å². The van der Waals surface area contributed by atoms with Crippen LogP contribution in [-0.2, 0) is 0 Å². The minimum absolute atomic E-state index is 0.275. The van der Waals surface area contributed by atoms with E-state index < -0.39 is 5.97 Å². The predicted octanol–water partition coefficient (Wildman–Crippen LogP) is 2.29. The molecule has 0 aliphatic carbocycles. The molecule has 2 aromatic rings. The van der Waals surface area contributed by atoms with Crippen molar-refractivity contribution in [3.05, 3.63) is 41.6 Å². The molecule has 104 valence electrons. The van der Waals surface area contributed by atoms with Crippen LogP contribution in [0.1, 0.15) is 15.9 Å². The lowest BCUT2D eigenvalue weighted by atomic mass is 10.1. The Morgan fingerprint density at radius 3 is 2.70 bits per heavy atom. The first-order valence-electron chi connectivity index (χ1n) is 6.08. The fourth-order valence-corrected chi connectivity index (χ4v) is 1.71. The van der Waals surface area contributed by atoms with Gasteiger partial charge in [-0.25, -0.2) is 9.78 Å². The zero-order valence-electron chi connectivity index (χ0n) is 11.6. The van der Waals surface area contributed by atoms with Crippen LogP contribution in [0.2, 0.25) is 0 Å². The van der Waals surface area contributed by atoms with Crippen molar-refractivity contribution in [1.82, 2.24) is 9.97 Å². The lowest BCUT2D eigenvalue weighted by Gasteiger charge is -2.12. The highest BCUT2D eigenvalue weighted by atomic mass is 16.4. The number of aromatic nitrogens is 2. The van der Waals surface area contributed by atoms with Gasteiger partial charge in [0.1, 0.15) is 5.82 Å². The highest BCUT2D eigenvalue weighted by molar-refractivity contribution is 5.90.